The molecule has 0 fully saturated rings. The van der Waals surface area contributed by atoms with E-state index in [0.29, 0.717) is 13.1 Å². The molecule has 0 saturated heterocycles. The monoisotopic (exact) mass is 560 g/mol. The van der Waals surface area contributed by atoms with E-state index in [1.54, 1.807) is 6.08 Å². The number of allylic oxidation sites excluding steroid dienone is 3. The molecule has 168 valence electrons. The van der Waals surface area contributed by atoms with E-state index in [4.69, 9.17) is 35.3 Å². The van der Waals surface area contributed by atoms with E-state index in [1.807, 2.05) is 18.7 Å². The van der Waals surface area contributed by atoms with Crippen molar-refractivity contribution in [2.75, 3.05) is 13.1 Å². The van der Waals surface area contributed by atoms with Crippen LogP contribution >= 0.6 is 22.2 Å². The Morgan fingerprint density at radius 3 is 1.47 bits per heavy atom. The molecule has 0 aliphatic carbocycles. The van der Waals surface area contributed by atoms with Crippen LogP contribution in [0.15, 0.2) is 38.0 Å². The third kappa shape index (κ3) is 39.0. The minimum Gasteiger partial charge on any atom is -1.00 e. The van der Waals surface area contributed by atoms with Crippen molar-refractivity contribution in [2.24, 2.45) is 0 Å². The molecule has 0 aliphatic heterocycles. The summed E-state index contributed by atoms with van der Waals surface area (Å²) < 4.78 is 0. The molecule has 30 heavy (non-hydrogen) atoms. The first-order valence-corrected chi connectivity index (χ1v) is 17.7. The van der Waals surface area contributed by atoms with E-state index in [2.05, 4.69) is 42.9 Å². The molecule has 0 radical (unpaired) electrons. The van der Waals surface area contributed by atoms with Crippen LogP contribution in [0.4, 0.5) is 0 Å². The Bertz CT molecular complexity index is 475. The number of hydrogen-bond acceptors (Lipinski definition) is 0. The second kappa shape index (κ2) is 29.5. The summed E-state index contributed by atoms with van der Waals surface area (Å²) in [7, 11) is -1.11. The van der Waals surface area contributed by atoms with Crippen LogP contribution in [0.5, 0.6) is 0 Å². The van der Waals surface area contributed by atoms with Gasteiger partial charge in [-0.25, -0.2) is 13.1 Å². The molecule has 0 amide bonds. The van der Waals surface area contributed by atoms with Crippen molar-refractivity contribution in [3.8, 4) is 0 Å². The van der Waals surface area contributed by atoms with Gasteiger partial charge < -0.3 is 33.6 Å². The van der Waals surface area contributed by atoms with Crippen molar-refractivity contribution >= 4 is 60.0 Å². The molecular weight excluding hydrogens is 524 g/mol. The van der Waals surface area contributed by atoms with Gasteiger partial charge >= 0.3 is 23.1 Å². The normalized spacial score (nSPS) is 9.43. The average Bonchev–Trinajstić information content (AvgIpc) is 2.65. The van der Waals surface area contributed by atoms with Crippen LogP contribution in [0.25, 0.3) is 9.69 Å². The second-order valence-electron chi connectivity index (χ2n) is 7.08. The first kappa shape index (κ1) is 40.8. The maximum atomic E-state index is 6.79. The predicted molar refractivity (Wildman–Crippen MR) is 142 cm³/mol. The van der Waals surface area contributed by atoms with E-state index < -0.39 is 14.8 Å². The first-order chi connectivity index (χ1) is 13.2. The van der Waals surface area contributed by atoms with Crippen molar-refractivity contribution < 1.29 is 17.0 Å². The molecular formula is C22H39BrCl2MgN2Si2. The topological polar surface area (TPSA) is 8.72 Å². The fourth-order valence-electron chi connectivity index (χ4n) is 2.33. The minimum atomic E-state index is -1.89. The molecule has 0 unspecified atom stereocenters. The zero-order valence-electron chi connectivity index (χ0n) is 19.1. The van der Waals surface area contributed by atoms with E-state index in [1.165, 1.54) is 18.1 Å². The maximum absolute atomic E-state index is 6.79. The van der Waals surface area contributed by atoms with Crippen LogP contribution < -0.4 is 17.0 Å². The molecule has 0 N–H and O–H groups in total. The molecule has 0 aliphatic rings. The summed E-state index contributed by atoms with van der Waals surface area (Å²) in [5.41, 5.74) is 0. The van der Waals surface area contributed by atoms with Crippen molar-refractivity contribution in [1.29, 1.82) is 0 Å². The molecule has 0 heterocycles. The van der Waals surface area contributed by atoms with E-state index in [9.17, 15) is 0 Å². The van der Waals surface area contributed by atoms with Crippen molar-refractivity contribution in [1.82, 2.24) is 0 Å². The third-order valence-corrected chi connectivity index (χ3v) is 11.0. The fourth-order valence-corrected chi connectivity index (χ4v) is 7.47. The molecule has 0 saturated carbocycles. The van der Waals surface area contributed by atoms with Crippen LogP contribution in [0, 0.1) is 20.1 Å². The standard InChI is InChI=1S/C13H23NSi.C5H9Cl2NSi.C4H7.BrH.Mg/c1-5-7-11-15(4,12-8-6-2)13-9-10-14-3;1-8-4-3-5-9(2,6)7;1-3-4-2;;/h5-6H,1-2,7-13H2,4H3;3-5H2,2H3;3H,1-2,4H2;1H;/q;;-1;;+2/p-1. The number of halogens is 3. The van der Waals surface area contributed by atoms with Crippen molar-refractivity contribution in [3.63, 3.8) is 0 Å². The van der Waals surface area contributed by atoms with Gasteiger partial charge in [-0.2, -0.15) is 6.42 Å². The number of rotatable bonds is 13. The Balaban J connectivity index is -0.000000119. The molecule has 0 aromatic heterocycles. The van der Waals surface area contributed by atoms with Gasteiger partial charge in [-0.3, -0.25) is 0 Å². The molecule has 0 atom stereocenters. The van der Waals surface area contributed by atoms with E-state index >= 15 is 0 Å². The molecule has 8 heteroatoms. The maximum Gasteiger partial charge on any atom is 2.00 e. The van der Waals surface area contributed by atoms with Gasteiger partial charge in [-0.15, -0.1) is 48.0 Å². The number of hydrogen-bond donors (Lipinski definition) is 0. The van der Waals surface area contributed by atoms with Gasteiger partial charge in [-0.1, -0.05) is 36.8 Å². The first-order valence-electron chi connectivity index (χ1n) is 9.82. The largest absolute Gasteiger partial charge is 2.00 e. The smallest absolute Gasteiger partial charge is 1.00 e. The van der Waals surface area contributed by atoms with Crippen LogP contribution in [0.2, 0.25) is 37.3 Å². The van der Waals surface area contributed by atoms with Crippen LogP contribution in [-0.4, -0.2) is 50.9 Å². The van der Waals surface area contributed by atoms with E-state index in [-0.39, 0.29) is 40.0 Å². The average molecular weight is 563 g/mol. The summed E-state index contributed by atoms with van der Waals surface area (Å²) in [6, 6.07) is 4.76. The summed E-state index contributed by atoms with van der Waals surface area (Å²) in [5, 5.41) is 0. The Morgan fingerprint density at radius 2 is 1.20 bits per heavy atom. The quantitative estimate of drug-likeness (QED) is 0.0936. The summed E-state index contributed by atoms with van der Waals surface area (Å²) in [5.74, 6) is 0. The summed E-state index contributed by atoms with van der Waals surface area (Å²) in [4.78, 5) is 6.62. The molecule has 0 aromatic rings. The van der Waals surface area contributed by atoms with Gasteiger partial charge in [-0.05, 0) is 25.4 Å². The summed E-state index contributed by atoms with van der Waals surface area (Å²) in [6.07, 6.45) is 10.8. The zero-order chi connectivity index (χ0) is 22.3. The SMILES string of the molecule is C=CC[CH2-].[Br-].[C-]#[N+]CCC[Si](C)(CCC=C)CCC=C.[C-]#[N+]CCC[Si](C)(Cl)Cl.[Mg+2]. The Morgan fingerprint density at radius 1 is 0.833 bits per heavy atom. The molecule has 0 rings (SSSR count). The van der Waals surface area contributed by atoms with E-state index in [0.717, 1.165) is 38.1 Å². The van der Waals surface area contributed by atoms with Gasteiger partial charge in [0.1, 0.15) is 0 Å². The van der Waals surface area contributed by atoms with Crippen molar-refractivity contribution in [3.05, 3.63) is 67.7 Å². The minimum absolute atomic E-state index is 0. The summed E-state index contributed by atoms with van der Waals surface area (Å²) >= 11 is 11.5. The van der Waals surface area contributed by atoms with Crippen molar-refractivity contribution in [2.45, 2.75) is 69.4 Å². The van der Waals surface area contributed by atoms with Gasteiger partial charge in [0.05, 0.1) is 8.07 Å². The zero-order valence-corrected chi connectivity index (χ0v) is 25.6. The van der Waals surface area contributed by atoms with Crippen LogP contribution in [0.3, 0.4) is 0 Å². The third-order valence-electron chi connectivity index (χ3n) is 4.04. The van der Waals surface area contributed by atoms with Gasteiger partial charge in [0, 0.05) is 12.8 Å². The number of nitrogens with zero attached hydrogens (tertiary/aromatic N) is 2. The summed E-state index contributed by atoms with van der Waals surface area (Å²) in [6.45, 7) is 31.5. The van der Waals surface area contributed by atoms with Gasteiger partial charge in [0.2, 0.25) is 19.8 Å². The Kier molecular flexibility index (Phi) is 40.0. The van der Waals surface area contributed by atoms with Gasteiger partial charge in [0.25, 0.3) is 0 Å². The second-order valence-corrected chi connectivity index (χ2v) is 20.4. The van der Waals surface area contributed by atoms with Gasteiger partial charge in [0.15, 0.2) is 0 Å². The molecule has 2 nitrogen and oxygen atoms in total. The Hall–Kier alpha value is 0.460. The Labute approximate surface area is 225 Å². The fraction of sp³-hybridized carbons (Fsp3) is 0.591. The van der Waals surface area contributed by atoms with Crippen LogP contribution in [-0.2, 0) is 0 Å². The molecule has 0 bridgehead atoms. The predicted octanol–water partition coefficient (Wildman–Crippen LogP) is 5.39. The molecule has 0 aromatic carbocycles. The molecule has 0 spiro atoms. The van der Waals surface area contributed by atoms with Crippen LogP contribution in [0.1, 0.15) is 32.1 Å².